The zero-order valence-electron chi connectivity index (χ0n) is 19.4. The molecule has 176 valence electrons. The molecule has 0 unspecified atom stereocenters. The van der Waals surface area contributed by atoms with Crippen molar-refractivity contribution in [2.24, 2.45) is 0 Å². The summed E-state index contributed by atoms with van der Waals surface area (Å²) in [5, 5.41) is 17.4. The summed E-state index contributed by atoms with van der Waals surface area (Å²) in [5.74, 6) is -0.167. The number of anilines is 2. The van der Waals surface area contributed by atoms with E-state index in [0.717, 1.165) is 25.2 Å². The molecule has 8 nitrogen and oxygen atoms in total. The molecule has 5 rings (SSSR count). The summed E-state index contributed by atoms with van der Waals surface area (Å²) in [5.41, 5.74) is 2.86. The lowest BCUT2D eigenvalue weighted by atomic mass is 9.97. The van der Waals surface area contributed by atoms with Crippen molar-refractivity contribution in [3.8, 4) is 5.69 Å². The summed E-state index contributed by atoms with van der Waals surface area (Å²) in [4.78, 5) is 22.1. The van der Waals surface area contributed by atoms with Crippen LogP contribution in [0.25, 0.3) is 16.7 Å². The van der Waals surface area contributed by atoms with Gasteiger partial charge in [0.25, 0.3) is 5.56 Å². The van der Waals surface area contributed by atoms with Crippen LogP contribution in [-0.2, 0) is 25.1 Å². The topological polar surface area (TPSA) is 97.0 Å². The number of hydrogen-bond acceptors (Lipinski definition) is 6. The van der Waals surface area contributed by atoms with Gasteiger partial charge in [0, 0.05) is 30.5 Å². The first-order valence-electron chi connectivity index (χ1n) is 11.4. The van der Waals surface area contributed by atoms with Crippen LogP contribution in [0.2, 0.25) is 0 Å². The largest absolute Gasteiger partial charge is 0.386 e. The second-order valence-corrected chi connectivity index (χ2v) is 9.02. The summed E-state index contributed by atoms with van der Waals surface area (Å²) < 4.78 is 17.6. The van der Waals surface area contributed by atoms with Gasteiger partial charge in [-0.25, -0.2) is 18.7 Å². The first-order valence-corrected chi connectivity index (χ1v) is 11.4. The molecule has 1 aliphatic heterocycles. The molecule has 3 N–H and O–H groups in total. The molecule has 1 aliphatic rings. The minimum atomic E-state index is -1.39. The van der Waals surface area contributed by atoms with Crippen LogP contribution in [0.3, 0.4) is 0 Å². The Labute approximate surface area is 196 Å². The second kappa shape index (κ2) is 8.34. The van der Waals surface area contributed by atoms with Gasteiger partial charge < -0.3 is 15.7 Å². The van der Waals surface area contributed by atoms with Crippen LogP contribution in [0.5, 0.6) is 0 Å². The summed E-state index contributed by atoms with van der Waals surface area (Å²) >= 11 is 0. The van der Waals surface area contributed by atoms with Gasteiger partial charge in [-0.3, -0.25) is 4.79 Å². The highest BCUT2D eigenvalue weighted by molar-refractivity contribution is 5.77. The average molecular weight is 463 g/mol. The van der Waals surface area contributed by atoms with Crippen molar-refractivity contribution >= 4 is 22.7 Å². The molecule has 0 bridgehead atoms. The van der Waals surface area contributed by atoms with Crippen molar-refractivity contribution < 1.29 is 9.50 Å². The monoisotopic (exact) mass is 462 g/mol. The third-order valence-electron chi connectivity index (χ3n) is 6.18. The molecule has 0 spiro atoms. The summed E-state index contributed by atoms with van der Waals surface area (Å²) in [7, 11) is 0. The molecule has 0 aliphatic carbocycles. The van der Waals surface area contributed by atoms with Crippen molar-refractivity contribution in [3.63, 3.8) is 0 Å². The van der Waals surface area contributed by atoms with Gasteiger partial charge >= 0.3 is 0 Å². The first kappa shape index (κ1) is 22.2. The van der Waals surface area contributed by atoms with Crippen molar-refractivity contribution in [1.82, 2.24) is 24.6 Å². The minimum absolute atomic E-state index is 0.136. The predicted octanol–water partition coefficient (Wildman–Crippen LogP) is 3.36. The lowest BCUT2D eigenvalue weighted by Crippen LogP contribution is -2.23. The molecular weight excluding hydrogens is 435 g/mol. The van der Waals surface area contributed by atoms with E-state index in [1.165, 1.54) is 41.9 Å². The van der Waals surface area contributed by atoms with E-state index in [2.05, 4.69) is 32.7 Å². The van der Waals surface area contributed by atoms with Crippen LogP contribution in [0.1, 0.15) is 37.5 Å². The Balaban J connectivity index is 1.62. The van der Waals surface area contributed by atoms with Crippen LogP contribution in [0, 0.1) is 5.82 Å². The highest BCUT2D eigenvalue weighted by Crippen LogP contribution is 2.27. The predicted molar refractivity (Wildman–Crippen MR) is 129 cm³/mol. The number of nitrogens with one attached hydrogen (secondary N) is 2. The summed E-state index contributed by atoms with van der Waals surface area (Å²) in [6.45, 7) is 7.07. The maximum absolute atomic E-state index is 14.4. The zero-order valence-corrected chi connectivity index (χ0v) is 19.4. The van der Waals surface area contributed by atoms with Gasteiger partial charge in [-0.05, 0) is 75.2 Å². The number of hydrogen-bond donors (Lipinski definition) is 3. The molecule has 0 radical (unpaired) electrons. The third-order valence-corrected chi connectivity index (χ3v) is 6.18. The number of nitrogens with zero attached hydrogens (tertiary/aromatic N) is 4. The molecule has 9 heteroatoms. The SMILES string of the molecule is CCn1c(=O)c2cnc(Nc3ccc4c(c3)CNCC4)nc2n1-c1ccc(F)c(C(C)(C)O)c1. The molecule has 0 saturated carbocycles. The van der Waals surface area contributed by atoms with Crippen LogP contribution >= 0.6 is 0 Å². The normalized spacial score (nSPS) is 13.8. The van der Waals surface area contributed by atoms with Gasteiger partial charge in [0.05, 0.1) is 11.3 Å². The van der Waals surface area contributed by atoms with E-state index in [-0.39, 0.29) is 11.1 Å². The summed E-state index contributed by atoms with van der Waals surface area (Å²) in [6.07, 6.45) is 2.51. The van der Waals surface area contributed by atoms with E-state index in [9.17, 15) is 14.3 Å². The molecule has 0 amide bonds. The lowest BCUT2D eigenvalue weighted by Gasteiger charge is -2.20. The molecule has 4 aromatic rings. The smallest absolute Gasteiger partial charge is 0.278 e. The fourth-order valence-electron chi connectivity index (χ4n) is 4.44. The van der Waals surface area contributed by atoms with E-state index in [4.69, 9.17) is 0 Å². The Morgan fingerprint density at radius 3 is 2.79 bits per heavy atom. The lowest BCUT2D eigenvalue weighted by molar-refractivity contribution is 0.0745. The van der Waals surface area contributed by atoms with E-state index < -0.39 is 11.4 Å². The number of aromatic nitrogens is 4. The van der Waals surface area contributed by atoms with Crippen LogP contribution in [0.15, 0.2) is 47.4 Å². The highest BCUT2D eigenvalue weighted by atomic mass is 19.1. The van der Waals surface area contributed by atoms with E-state index in [1.807, 2.05) is 13.0 Å². The Morgan fingerprint density at radius 1 is 1.21 bits per heavy atom. The number of rotatable bonds is 5. The molecule has 0 fully saturated rings. The van der Waals surface area contributed by atoms with Crippen LogP contribution in [0.4, 0.5) is 16.0 Å². The Morgan fingerprint density at radius 2 is 2.03 bits per heavy atom. The quantitative estimate of drug-likeness (QED) is 0.421. The van der Waals surface area contributed by atoms with Gasteiger partial charge in [0.15, 0.2) is 5.65 Å². The average Bonchev–Trinajstić information content (AvgIpc) is 3.09. The number of halogens is 1. The van der Waals surface area contributed by atoms with Gasteiger partial charge in [0.1, 0.15) is 11.2 Å². The molecule has 2 aromatic carbocycles. The zero-order chi connectivity index (χ0) is 24.0. The Kier molecular flexibility index (Phi) is 5.45. The van der Waals surface area contributed by atoms with E-state index >= 15 is 0 Å². The van der Waals surface area contributed by atoms with Crippen molar-refractivity contribution in [3.05, 3.63) is 75.5 Å². The maximum Gasteiger partial charge on any atom is 0.278 e. The maximum atomic E-state index is 14.4. The molecule has 0 atom stereocenters. The van der Waals surface area contributed by atoms with E-state index in [0.29, 0.717) is 29.2 Å². The van der Waals surface area contributed by atoms with Crippen LogP contribution < -0.4 is 16.2 Å². The highest BCUT2D eigenvalue weighted by Gasteiger charge is 2.23. The fourth-order valence-corrected chi connectivity index (χ4v) is 4.44. The van der Waals surface area contributed by atoms with Gasteiger partial charge in [-0.1, -0.05) is 6.07 Å². The Bertz CT molecular complexity index is 1450. The standard InChI is InChI=1S/C25H27FN6O2/c1-4-31-23(33)19-14-28-24(29-17-6-5-15-9-10-27-13-16(15)11-17)30-22(19)32(31)18-7-8-21(26)20(12-18)25(2,3)34/h5-8,11-12,14,27,34H,4,9-10,13H2,1-3H3,(H,28,29,30). The second-order valence-electron chi connectivity index (χ2n) is 9.02. The van der Waals surface area contributed by atoms with Crippen LogP contribution in [-0.4, -0.2) is 31.0 Å². The molecule has 2 aromatic heterocycles. The number of benzene rings is 2. The number of fused-ring (bicyclic) bond motifs is 2. The third kappa shape index (κ3) is 3.86. The van der Waals surface area contributed by atoms with E-state index in [1.54, 1.807) is 16.8 Å². The first-order chi connectivity index (χ1) is 16.3. The van der Waals surface area contributed by atoms with Crippen molar-refractivity contribution in [2.75, 3.05) is 11.9 Å². The van der Waals surface area contributed by atoms with Crippen molar-refractivity contribution in [1.29, 1.82) is 0 Å². The molecule has 3 heterocycles. The summed E-state index contributed by atoms with van der Waals surface area (Å²) in [6, 6.07) is 10.6. The molecular formula is C25H27FN6O2. The van der Waals surface area contributed by atoms with Gasteiger partial charge in [-0.15, -0.1) is 0 Å². The Hall–Kier alpha value is -3.56. The minimum Gasteiger partial charge on any atom is -0.386 e. The van der Waals surface area contributed by atoms with Gasteiger partial charge in [-0.2, -0.15) is 4.98 Å². The van der Waals surface area contributed by atoms with Crippen molar-refractivity contribution in [2.45, 2.75) is 45.9 Å². The molecule has 0 saturated heterocycles. The fraction of sp³-hybridized carbons (Fsp3) is 0.320. The van der Waals surface area contributed by atoms with Gasteiger partial charge in [0.2, 0.25) is 5.95 Å². The number of aliphatic hydroxyl groups is 1. The molecule has 34 heavy (non-hydrogen) atoms.